The molecule has 74 valence electrons. The first kappa shape index (κ1) is 8.93. The summed E-state index contributed by atoms with van der Waals surface area (Å²) in [6.45, 7) is 2.82. The van der Waals surface area contributed by atoms with Crippen LogP contribution in [0, 0.1) is 0 Å². The van der Waals surface area contributed by atoms with Crippen LogP contribution in [0.25, 0.3) is 0 Å². The molecule has 2 rings (SSSR count). The average molecular weight is 186 g/mol. The van der Waals surface area contributed by atoms with E-state index in [4.69, 9.17) is 15.2 Å². The second-order valence-electron chi connectivity index (χ2n) is 3.52. The highest BCUT2D eigenvalue weighted by Crippen LogP contribution is 2.23. The van der Waals surface area contributed by atoms with E-state index in [0.29, 0.717) is 32.9 Å². The van der Waals surface area contributed by atoms with Crippen molar-refractivity contribution in [2.75, 3.05) is 39.5 Å². The second-order valence-corrected chi connectivity index (χ2v) is 3.52. The van der Waals surface area contributed by atoms with Crippen LogP contribution in [0.1, 0.15) is 0 Å². The molecular formula is C8H14N2O3. The number of ether oxygens (including phenoxy) is 2. The first-order chi connectivity index (χ1) is 6.28. The maximum Gasteiger partial charge on any atom is 0.249 e. The van der Waals surface area contributed by atoms with Crippen LogP contribution in [0.4, 0.5) is 0 Å². The van der Waals surface area contributed by atoms with Crippen LogP contribution in [0.2, 0.25) is 0 Å². The minimum Gasteiger partial charge on any atom is -0.377 e. The fraction of sp³-hybridized carbons (Fsp3) is 0.875. The molecular weight excluding hydrogens is 172 g/mol. The van der Waals surface area contributed by atoms with Gasteiger partial charge in [0.2, 0.25) is 5.91 Å². The molecule has 1 amide bonds. The fourth-order valence-corrected chi connectivity index (χ4v) is 1.88. The Morgan fingerprint density at radius 2 is 2.23 bits per heavy atom. The molecule has 0 saturated carbocycles. The molecule has 2 fully saturated rings. The van der Waals surface area contributed by atoms with Crippen molar-refractivity contribution in [3.05, 3.63) is 0 Å². The van der Waals surface area contributed by atoms with Crippen molar-refractivity contribution in [2.45, 2.75) is 5.54 Å². The van der Waals surface area contributed by atoms with E-state index in [1.807, 2.05) is 0 Å². The smallest absolute Gasteiger partial charge is 0.249 e. The molecule has 0 bridgehead atoms. The van der Waals surface area contributed by atoms with Crippen molar-refractivity contribution in [3.8, 4) is 0 Å². The number of hydrogen-bond acceptors (Lipinski definition) is 4. The third kappa shape index (κ3) is 1.33. The number of rotatable bonds is 1. The largest absolute Gasteiger partial charge is 0.377 e. The molecule has 2 saturated heterocycles. The molecule has 2 aliphatic rings. The quantitative estimate of drug-likeness (QED) is 0.545. The van der Waals surface area contributed by atoms with Crippen molar-refractivity contribution in [1.82, 2.24) is 4.90 Å². The Morgan fingerprint density at radius 1 is 1.46 bits per heavy atom. The molecule has 5 heteroatoms. The van der Waals surface area contributed by atoms with Crippen LogP contribution in [0.3, 0.4) is 0 Å². The number of amides is 1. The first-order valence-electron chi connectivity index (χ1n) is 4.44. The lowest BCUT2D eigenvalue weighted by atomic mass is 9.96. The van der Waals surface area contributed by atoms with Gasteiger partial charge >= 0.3 is 0 Å². The van der Waals surface area contributed by atoms with Crippen LogP contribution in [0.15, 0.2) is 0 Å². The van der Waals surface area contributed by atoms with E-state index >= 15 is 0 Å². The predicted octanol–water partition coefficient (Wildman–Crippen LogP) is -1.43. The highest BCUT2D eigenvalue weighted by molar-refractivity contribution is 5.79. The topological polar surface area (TPSA) is 64.8 Å². The van der Waals surface area contributed by atoms with E-state index in [0.717, 1.165) is 0 Å². The summed E-state index contributed by atoms with van der Waals surface area (Å²) in [5, 5.41) is 0. The van der Waals surface area contributed by atoms with Crippen LogP contribution in [-0.4, -0.2) is 55.9 Å². The van der Waals surface area contributed by atoms with Crippen LogP contribution < -0.4 is 5.73 Å². The standard InChI is InChI=1S/C8H14N2O3/c9-4-8-5-12-2-1-10(8)7(11)3-13-6-8/h1-6,9H2/t8-/m0/s1. The third-order valence-electron chi connectivity index (χ3n) is 2.68. The van der Waals surface area contributed by atoms with E-state index < -0.39 is 5.54 Å². The van der Waals surface area contributed by atoms with Gasteiger partial charge in [-0.15, -0.1) is 0 Å². The zero-order valence-corrected chi connectivity index (χ0v) is 7.49. The van der Waals surface area contributed by atoms with E-state index in [9.17, 15) is 4.79 Å². The van der Waals surface area contributed by atoms with Crippen molar-refractivity contribution >= 4 is 5.91 Å². The van der Waals surface area contributed by atoms with Gasteiger partial charge in [-0.25, -0.2) is 0 Å². The maximum absolute atomic E-state index is 11.5. The molecule has 13 heavy (non-hydrogen) atoms. The number of morpholine rings is 2. The summed E-state index contributed by atoms with van der Waals surface area (Å²) >= 11 is 0. The summed E-state index contributed by atoms with van der Waals surface area (Å²) in [7, 11) is 0. The molecule has 0 radical (unpaired) electrons. The van der Waals surface area contributed by atoms with Crippen LogP contribution >= 0.6 is 0 Å². The molecule has 0 aromatic carbocycles. The Balaban J connectivity index is 2.21. The lowest BCUT2D eigenvalue weighted by Gasteiger charge is -2.48. The minimum absolute atomic E-state index is 0.0278. The lowest BCUT2D eigenvalue weighted by Crippen LogP contribution is -2.68. The van der Waals surface area contributed by atoms with Gasteiger partial charge in [0.25, 0.3) is 0 Å². The summed E-state index contributed by atoms with van der Waals surface area (Å²) in [5.41, 5.74) is 5.26. The summed E-state index contributed by atoms with van der Waals surface area (Å²) in [6.07, 6.45) is 0. The number of nitrogens with two attached hydrogens (primary N) is 1. The fourth-order valence-electron chi connectivity index (χ4n) is 1.88. The van der Waals surface area contributed by atoms with E-state index in [-0.39, 0.29) is 12.5 Å². The molecule has 0 aromatic rings. The average Bonchev–Trinajstić information content (AvgIpc) is 2.18. The van der Waals surface area contributed by atoms with Crippen LogP contribution in [-0.2, 0) is 14.3 Å². The van der Waals surface area contributed by atoms with Gasteiger partial charge in [0.1, 0.15) is 12.1 Å². The Kier molecular flexibility index (Phi) is 2.23. The van der Waals surface area contributed by atoms with Gasteiger partial charge in [-0.1, -0.05) is 0 Å². The third-order valence-corrected chi connectivity index (χ3v) is 2.68. The number of carbonyl (C=O) groups excluding carboxylic acids is 1. The van der Waals surface area contributed by atoms with Crippen molar-refractivity contribution in [1.29, 1.82) is 0 Å². The second kappa shape index (κ2) is 3.25. The van der Waals surface area contributed by atoms with Crippen LogP contribution in [0.5, 0.6) is 0 Å². The normalized spacial score (nSPS) is 34.5. The van der Waals surface area contributed by atoms with Crippen molar-refractivity contribution in [2.24, 2.45) is 5.73 Å². The van der Waals surface area contributed by atoms with Gasteiger partial charge in [-0.05, 0) is 0 Å². The summed E-state index contributed by atoms with van der Waals surface area (Å²) < 4.78 is 10.5. The zero-order valence-electron chi connectivity index (χ0n) is 7.49. The predicted molar refractivity (Wildman–Crippen MR) is 45.1 cm³/mol. The lowest BCUT2D eigenvalue weighted by molar-refractivity contribution is -0.175. The van der Waals surface area contributed by atoms with Gasteiger partial charge < -0.3 is 20.1 Å². The summed E-state index contributed by atoms with van der Waals surface area (Å²) in [5.74, 6) is 0.0278. The van der Waals surface area contributed by atoms with Crippen molar-refractivity contribution in [3.63, 3.8) is 0 Å². The van der Waals surface area contributed by atoms with Gasteiger partial charge in [0.05, 0.1) is 19.8 Å². The van der Waals surface area contributed by atoms with Gasteiger partial charge in [0, 0.05) is 13.1 Å². The molecule has 1 atom stereocenters. The SMILES string of the molecule is NC[C@@]12COCCN1C(=O)COC2. The molecule has 0 spiro atoms. The molecule has 0 unspecified atom stereocenters. The number of hydrogen-bond donors (Lipinski definition) is 1. The maximum atomic E-state index is 11.5. The van der Waals surface area contributed by atoms with Gasteiger partial charge in [-0.2, -0.15) is 0 Å². The minimum atomic E-state index is -0.395. The summed E-state index contributed by atoms with van der Waals surface area (Å²) in [6, 6.07) is 0. The molecule has 2 aliphatic heterocycles. The zero-order chi connectivity index (χ0) is 9.31. The Morgan fingerprint density at radius 3 is 2.92 bits per heavy atom. The number of fused-ring (bicyclic) bond motifs is 1. The highest BCUT2D eigenvalue weighted by atomic mass is 16.5. The Bertz CT molecular complexity index is 217. The molecule has 5 nitrogen and oxygen atoms in total. The van der Waals surface area contributed by atoms with Gasteiger partial charge in [-0.3, -0.25) is 4.79 Å². The van der Waals surface area contributed by atoms with Gasteiger partial charge in [0.15, 0.2) is 0 Å². The monoisotopic (exact) mass is 186 g/mol. The van der Waals surface area contributed by atoms with E-state index in [2.05, 4.69) is 0 Å². The molecule has 0 aliphatic carbocycles. The van der Waals surface area contributed by atoms with E-state index in [1.165, 1.54) is 0 Å². The van der Waals surface area contributed by atoms with E-state index in [1.54, 1.807) is 4.90 Å². The number of carbonyl (C=O) groups is 1. The molecule has 2 N–H and O–H groups in total. The molecule has 0 aromatic heterocycles. The Hall–Kier alpha value is -0.650. The Labute approximate surface area is 76.8 Å². The molecule has 2 heterocycles. The summed E-state index contributed by atoms with van der Waals surface area (Å²) in [4.78, 5) is 13.3. The first-order valence-corrected chi connectivity index (χ1v) is 4.44. The highest BCUT2D eigenvalue weighted by Gasteiger charge is 2.44. The van der Waals surface area contributed by atoms with Crippen molar-refractivity contribution < 1.29 is 14.3 Å². The number of nitrogens with zero attached hydrogens (tertiary/aromatic N) is 1.